The molecule has 0 aliphatic rings. The van der Waals surface area contributed by atoms with E-state index in [0.29, 0.717) is 37.7 Å². The zero-order valence-electron chi connectivity index (χ0n) is 14.1. The zero-order valence-corrected chi connectivity index (χ0v) is 14.1. The van der Waals surface area contributed by atoms with Crippen molar-refractivity contribution in [1.82, 2.24) is 5.32 Å². The monoisotopic (exact) mass is 369 g/mol. The van der Waals surface area contributed by atoms with Crippen LogP contribution in [-0.2, 0) is 6.18 Å². The molecule has 0 unspecified atom stereocenters. The molecule has 2 aromatic carbocycles. The summed E-state index contributed by atoms with van der Waals surface area (Å²) in [7, 11) is 1.91. The Bertz CT molecular complexity index is 735. The predicted molar refractivity (Wildman–Crippen MR) is 92.8 cm³/mol. The number of carbonyl (C=O) groups excluding carboxylic acids is 1. The average molecular weight is 369 g/mol. The van der Waals surface area contributed by atoms with Crippen LogP contribution in [0.25, 0.3) is 0 Å². The number of halogens is 4. The van der Waals surface area contributed by atoms with Crippen LogP contribution in [0.3, 0.4) is 0 Å². The third-order valence-electron chi connectivity index (χ3n) is 3.69. The SMILES string of the molecule is CN(CCCNC(=O)Nc1cc(C(F)(F)F)ccc1F)c1ccccc1. The molecule has 4 nitrogen and oxygen atoms in total. The highest BCUT2D eigenvalue weighted by atomic mass is 19.4. The molecule has 2 aromatic rings. The van der Waals surface area contributed by atoms with Crippen LogP contribution in [0.1, 0.15) is 12.0 Å². The van der Waals surface area contributed by atoms with E-state index in [9.17, 15) is 22.4 Å². The van der Waals surface area contributed by atoms with Crippen LogP contribution in [0.4, 0.5) is 33.7 Å². The molecule has 0 radical (unpaired) electrons. The number of nitrogens with zero attached hydrogens (tertiary/aromatic N) is 1. The average Bonchev–Trinajstić information content (AvgIpc) is 2.60. The van der Waals surface area contributed by atoms with Crippen molar-refractivity contribution >= 4 is 17.4 Å². The lowest BCUT2D eigenvalue weighted by atomic mass is 10.2. The highest BCUT2D eigenvalue weighted by Crippen LogP contribution is 2.31. The summed E-state index contributed by atoms with van der Waals surface area (Å²) in [6.45, 7) is 0.964. The molecular formula is C18H19F4N3O. The van der Waals surface area contributed by atoms with Gasteiger partial charge in [-0.05, 0) is 36.8 Å². The Morgan fingerprint density at radius 2 is 1.81 bits per heavy atom. The molecule has 2 N–H and O–H groups in total. The van der Waals surface area contributed by atoms with Crippen molar-refractivity contribution in [3.05, 3.63) is 59.9 Å². The minimum absolute atomic E-state index is 0.295. The number of urea groups is 1. The second kappa shape index (κ2) is 8.55. The van der Waals surface area contributed by atoms with Gasteiger partial charge in [-0.2, -0.15) is 13.2 Å². The van der Waals surface area contributed by atoms with Crippen molar-refractivity contribution in [2.45, 2.75) is 12.6 Å². The van der Waals surface area contributed by atoms with Crippen LogP contribution in [0.5, 0.6) is 0 Å². The Morgan fingerprint density at radius 1 is 1.12 bits per heavy atom. The Kier molecular flexibility index (Phi) is 6.43. The maximum atomic E-state index is 13.6. The third-order valence-corrected chi connectivity index (χ3v) is 3.69. The van der Waals surface area contributed by atoms with Crippen molar-refractivity contribution in [3.8, 4) is 0 Å². The highest BCUT2D eigenvalue weighted by molar-refractivity contribution is 5.89. The first-order chi connectivity index (χ1) is 12.3. The Hall–Kier alpha value is -2.77. The summed E-state index contributed by atoms with van der Waals surface area (Å²) in [5.74, 6) is -0.933. The minimum atomic E-state index is -4.61. The van der Waals surface area contributed by atoms with Crippen molar-refractivity contribution < 1.29 is 22.4 Å². The molecule has 0 aliphatic heterocycles. The standard InChI is InChI=1S/C18H19F4N3O/c1-25(14-6-3-2-4-7-14)11-5-10-23-17(26)24-16-12-13(18(20,21)22)8-9-15(16)19/h2-4,6-9,12H,5,10-11H2,1H3,(H2,23,24,26). The van der Waals surface area contributed by atoms with E-state index in [1.54, 1.807) is 0 Å². The first kappa shape index (κ1) is 19.6. The number of hydrogen-bond donors (Lipinski definition) is 2. The molecule has 0 fully saturated rings. The molecule has 0 saturated carbocycles. The van der Waals surface area contributed by atoms with E-state index in [1.165, 1.54) is 0 Å². The van der Waals surface area contributed by atoms with Gasteiger partial charge in [0.25, 0.3) is 0 Å². The molecule has 0 aliphatic carbocycles. The van der Waals surface area contributed by atoms with Gasteiger partial charge < -0.3 is 15.5 Å². The van der Waals surface area contributed by atoms with Gasteiger partial charge in [-0.3, -0.25) is 0 Å². The number of rotatable bonds is 6. The van der Waals surface area contributed by atoms with Gasteiger partial charge in [0.2, 0.25) is 0 Å². The maximum Gasteiger partial charge on any atom is 0.416 e. The lowest BCUT2D eigenvalue weighted by Gasteiger charge is -2.19. The number of carbonyl (C=O) groups is 1. The number of anilines is 2. The van der Waals surface area contributed by atoms with Gasteiger partial charge in [0, 0.05) is 25.8 Å². The summed E-state index contributed by atoms with van der Waals surface area (Å²) in [4.78, 5) is 13.8. The first-order valence-corrected chi connectivity index (χ1v) is 7.95. The fraction of sp³-hybridized carbons (Fsp3) is 0.278. The van der Waals surface area contributed by atoms with E-state index < -0.39 is 29.3 Å². The first-order valence-electron chi connectivity index (χ1n) is 7.95. The molecule has 0 saturated heterocycles. The topological polar surface area (TPSA) is 44.4 Å². The molecule has 2 rings (SSSR count). The van der Waals surface area contributed by atoms with Crippen LogP contribution >= 0.6 is 0 Å². The minimum Gasteiger partial charge on any atom is -0.375 e. The Morgan fingerprint density at radius 3 is 2.46 bits per heavy atom. The molecule has 26 heavy (non-hydrogen) atoms. The second-order valence-electron chi connectivity index (χ2n) is 5.68. The van der Waals surface area contributed by atoms with E-state index >= 15 is 0 Å². The van der Waals surface area contributed by atoms with Crippen LogP contribution in [0.2, 0.25) is 0 Å². The number of benzene rings is 2. The van der Waals surface area contributed by atoms with Gasteiger partial charge in [-0.15, -0.1) is 0 Å². The van der Waals surface area contributed by atoms with Gasteiger partial charge in [-0.25, -0.2) is 9.18 Å². The van der Waals surface area contributed by atoms with Crippen LogP contribution in [0, 0.1) is 5.82 Å². The largest absolute Gasteiger partial charge is 0.416 e. The second-order valence-corrected chi connectivity index (χ2v) is 5.68. The van der Waals surface area contributed by atoms with Crippen LogP contribution < -0.4 is 15.5 Å². The molecule has 0 bridgehead atoms. The van der Waals surface area contributed by atoms with Gasteiger partial charge in [0.1, 0.15) is 5.82 Å². The summed E-state index contributed by atoms with van der Waals surface area (Å²) >= 11 is 0. The zero-order chi connectivity index (χ0) is 19.2. The molecule has 0 heterocycles. The number of alkyl halides is 3. The van der Waals surface area contributed by atoms with Crippen molar-refractivity contribution in [2.75, 3.05) is 30.4 Å². The third kappa shape index (κ3) is 5.65. The molecule has 0 atom stereocenters. The highest BCUT2D eigenvalue weighted by Gasteiger charge is 2.31. The lowest BCUT2D eigenvalue weighted by Crippen LogP contribution is -2.32. The fourth-order valence-corrected chi connectivity index (χ4v) is 2.29. The molecule has 0 spiro atoms. The van der Waals surface area contributed by atoms with Crippen molar-refractivity contribution in [2.24, 2.45) is 0 Å². The summed E-state index contributed by atoms with van der Waals surface area (Å²) in [6.07, 6.45) is -3.99. The molecule has 0 aromatic heterocycles. The predicted octanol–water partition coefficient (Wildman–Crippen LogP) is 4.49. The Labute approximate surface area is 148 Å². The molecular weight excluding hydrogens is 350 g/mol. The van der Waals surface area contributed by atoms with Gasteiger partial charge in [0.15, 0.2) is 0 Å². The van der Waals surface area contributed by atoms with Crippen LogP contribution in [0.15, 0.2) is 48.5 Å². The number of nitrogens with one attached hydrogen (secondary N) is 2. The molecule has 2 amide bonds. The maximum absolute atomic E-state index is 13.6. The number of para-hydroxylation sites is 1. The van der Waals surface area contributed by atoms with Gasteiger partial charge in [0.05, 0.1) is 11.3 Å². The van der Waals surface area contributed by atoms with Crippen molar-refractivity contribution in [1.29, 1.82) is 0 Å². The number of hydrogen-bond acceptors (Lipinski definition) is 2. The lowest BCUT2D eigenvalue weighted by molar-refractivity contribution is -0.137. The normalized spacial score (nSPS) is 11.1. The number of amides is 2. The summed E-state index contributed by atoms with van der Waals surface area (Å²) < 4.78 is 51.5. The quantitative estimate of drug-likeness (QED) is 0.582. The van der Waals surface area contributed by atoms with Crippen LogP contribution in [-0.4, -0.2) is 26.2 Å². The molecule has 140 valence electrons. The van der Waals surface area contributed by atoms with E-state index in [4.69, 9.17) is 0 Å². The van der Waals surface area contributed by atoms with Gasteiger partial charge in [-0.1, -0.05) is 18.2 Å². The summed E-state index contributed by atoms with van der Waals surface area (Å²) in [5.41, 5.74) is -0.514. The van der Waals surface area contributed by atoms with Crippen molar-refractivity contribution in [3.63, 3.8) is 0 Å². The molecule has 8 heteroatoms. The van der Waals surface area contributed by atoms with E-state index in [0.717, 1.165) is 5.69 Å². The summed E-state index contributed by atoms with van der Waals surface area (Å²) in [5, 5.41) is 4.60. The summed E-state index contributed by atoms with van der Waals surface area (Å²) in [6, 6.07) is 10.8. The smallest absolute Gasteiger partial charge is 0.375 e. The van der Waals surface area contributed by atoms with Gasteiger partial charge >= 0.3 is 12.2 Å². The van der Waals surface area contributed by atoms with E-state index in [2.05, 4.69) is 10.6 Å². The van der Waals surface area contributed by atoms with E-state index in [1.807, 2.05) is 42.3 Å². The Balaban J connectivity index is 1.80. The fourth-order valence-electron chi connectivity index (χ4n) is 2.29. The van der Waals surface area contributed by atoms with E-state index in [-0.39, 0.29) is 0 Å².